The average molecular weight is 461 g/mol. The molecule has 7 nitrogen and oxygen atoms in total. The van der Waals surface area contributed by atoms with E-state index < -0.39 is 0 Å². The second-order valence-corrected chi connectivity index (χ2v) is 9.61. The van der Waals surface area contributed by atoms with Crippen molar-refractivity contribution in [1.29, 1.82) is 0 Å². The van der Waals surface area contributed by atoms with Gasteiger partial charge in [0, 0.05) is 54.3 Å². The van der Waals surface area contributed by atoms with Crippen molar-refractivity contribution in [3.05, 3.63) is 46.2 Å². The Hall–Kier alpha value is -2.09. The number of aromatic nitrogens is 2. The highest BCUT2D eigenvalue weighted by Gasteiger charge is 2.40. The molecule has 8 heteroatoms. The van der Waals surface area contributed by atoms with Crippen LogP contribution in [0.15, 0.2) is 24.4 Å². The van der Waals surface area contributed by atoms with E-state index in [-0.39, 0.29) is 11.3 Å². The molecular formula is C24H33ClN4O3. The van der Waals surface area contributed by atoms with E-state index in [1.54, 1.807) is 0 Å². The number of nitrogens with zero attached hydrogens (tertiary/aromatic N) is 3. The summed E-state index contributed by atoms with van der Waals surface area (Å²) < 4.78 is 11.7. The van der Waals surface area contributed by atoms with Gasteiger partial charge < -0.3 is 14.4 Å². The molecule has 1 N–H and O–H groups in total. The Morgan fingerprint density at radius 1 is 1.28 bits per heavy atom. The van der Waals surface area contributed by atoms with Crippen molar-refractivity contribution in [2.75, 3.05) is 46.0 Å². The van der Waals surface area contributed by atoms with Gasteiger partial charge in [-0.15, -0.1) is 0 Å². The number of hydrogen-bond acceptors (Lipinski definition) is 5. The molecule has 2 aliphatic heterocycles. The number of likely N-dealkylation sites (tertiary alicyclic amines) is 1. The fourth-order valence-electron chi connectivity index (χ4n) is 4.72. The fraction of sp³-hybridized carbons (Fsp3) is 0.583. The van der Waals surface area contributed by atoms with Crippen LogP contribution in [0.4, 0.5) is 0 Å². The molecule has 4 rings (SSSR count). The predicted molar refractivity (Wildman–Crippen MR) is 124 cm³/mol. The summed E-state index contributed by atoms with van der Waals surface area (Å²) in [6, 6.07) is 5.74. The number of ether oxygens (including phenoxy) is 2. The van der Waals surface area contributed by atoms with Gasteiger partial charge in [-0.1, -0.05) is 11.6 Å². The van der Waals surface area contributed by atoms with E-state index in [1.807, 2.05) is 43.1 Å². The van der Waals surface area contributed by atoms with Crippen molar-refractivity contribution in [3.63, 3.8) is 0 Å². The van der Waals surface area contributed by atoms with Gasteiger partial charge in [0.05, 0.1) is 26.0 Å². The third-order valence-corrected chi connectivity index (χ3v) is 7.06. The van der Waals surface area contributed by atoms with Crippen LogP contribution in [0.3, 0.4) is 0 Å². The number of amides is 1. The smallest absolute Gasteiger partial charge is 0.223 e. The molecule has 2 aliphatic rings. The van der Waals surface area contributed by atoms with Gasteiger partial charge in [0.1, 0.15) is 5.75 Å². The molecule has 0 spiro atoms. The van der Waals surface area contributed by atoms with Gasteiger partial charge in [0.25, 0.3) is 0 Å². The first kappa shape index (κ1) is 23.1. The van der Waals surface area contributed by atoms with Gasteiger partial charge in [0.2, 0.25) is 5.91 Å². The molecule has 2 aromatic rings. The van der Waals surface area contributed by atoms with E-state index in [2.05, 4.69) is 15.1 Å². The third-order valence-electron chi connectivity index (χ3n) is 6.63. The Bertz CT molecular complexity index is 928. The van der Waals surface area contributed by atoms with Crippen molar-refractivity contribution in [2.24, 2.45) is 5.41 Å². The Morgan fingerprint density at radius 2 is 2.09 bits per heavy atom. The maximum atomic E-state index is 13.2. The molecule has 3 heterocycles. The SMILES string of the molecule is Cc1cc(OC[C@@]2(CC(=O)N3CCOCC3)CCCN(Cc3cn[nH]c3C)C2)ccc1Cl. The van der Waals surface area contributed by atoms with E-state index in [0.717, 1.165) is 54.5 Å². The van der Waals surface area contributed by atoms with Crippen LogP contribution in [0.2, 0.25) is 5.02 Å². The maximum Gasteiger partial charge on any atom is 0.223 e. The first-order chi connectivity index (χ1) is 15.4. The van der Waals surface area contributed by atoms with Crippen LogP contribution in [-0.2, 0) is 16.1 Å². The average Bonchev–Trinajstić information content (AvgIpc) is 3.19. The predicted octanol–water partition coefficient (Wildman–Crippen LogP) is 3.59. The fourth-order valence-corrected chi connectivity index (χ4v) is 4.84. The molecule has 174 valence electrons. The summed E-state index contributed by atoms with van der Waals surface area (Å²) in [5, 5.41) is 7.92. The zero-order valence-corrected chi connectivity index (χ0v) is 19.8. The molecule has 0 radical (unpaired) electrons. The quantitative estimate of drug-likeness (QED) is 0.683. The largest absolute Gasteiger partial charge is 0.493 e. The Morgan fingerprint density at radius 3 is 2.81 bits per heavy atom. The summed E-state index contributed by atoms with van der Waals surface area (Å²) >= 11 is 6.18. The van der Waals surface area contributed by atoms with Gasteiger partial charge in [-0.05, 0) is 57.0 Å². The van der Waals surface area contributed by atoms with Gasteiger partial charge in [-0.25, -0.2) is 0 Å². The lowest BCUT2D eigenvalue weighted by Gasteiger charge is -2.43. The molecule has 1 atom stereocenters. The van der Waals surface area contributed by atoms with Crippen LogP contribution in [0.5, 0.6) is 5.75 Å². The molecule has 0 aliphatic carbocycles. The molecule has 1 aromatic carbocycles. The summed E-state index contributed by atoms with van der Waals surface area (Å²) in [7, 11) is 0. The number of carbonyl (C=O) groups is 1. The molecule has 32 heavy (non-hydrogen) atoms. The lowest BCUT2D eigenvalue weighted by atomic mass is 9.77. The van der Waals surface area contributed by atoms with Gasteiger partial charge >= 0.3 is 0 Å². The third kappa shape index (κ3) is 5.63. The standard InChI is InChI=1S/C24H33ClN4O3/c1-18-12-21(4-5-22(18)25)32-17-24(13-23(30)29-8-10-31-11-9-29)6-3-7-28(16-24)15-20-14-26-27-19(20)2/h4-5,12,14H,3,6-11,13,15-17H2,1-2H3,(H,26,27)/t24-/m1/s1. The minimum Gasteiger partial charge on any atom is -0.493 e. The minimum atomic E-state index is -0.237. The van der Waals surface area contributed by atoms with Gasteiger partial charge in [0.15, 0.2) is 0 Å². The second kappa shape index (κ2) is 10.2. The van der Waals surface area contributed by atoms with E-state index >= 15 is 0 Å². The number of aromatic amines is 1. The number of aryl methyl sites for hydroxylation is 2. The van der Waals surface area contributed by atoms with Crippen molar-refractivity contribution < 1.29 is 14.3 Å². The topological polar surface area (TPSA) is 70.7 Å². The number of benzene rings is 1. The maximum absolute atomic E-state index is 13.2. The molecule has 0 unspecified atom stereocenters. The summed E-state index contributed by atoms with van der Waals surface area (Å²) in [6.07, 6.45) is 4.39. The summed E-state index contributed by atoms with van der Waals surface area (Å²) in [4.78, 5) is 17.6. The number of halogens is 1. The van der Waals surface area contributed by atoms with Crippen LogP contribution in [-0.4, -0.2) is 71.9 Å². The highest BCUT2D eigenvalue weighted by Crippen LogP contribution is 2.36. The zero-order chi connectivity index (χ0) is 22.6. The van der Waals surface area contributed by atoms with Gasteiger partial charge in [-0.2, -0.15) is 5.10 Å². The second-order valence-electron chi connectivity index (χ2n) is 9.20. The van der Waals surface area contributed by atoms with E-state index in [0.29, 0.717) is 39.3 Å². The summed E-state index contributed by atoms with van der Waals surface area (Å²) in [6.45, 7) is 9.76. The van der Waals surface area contributed by atoms with Crippen LogP contribution in [0.25, 0.3) is 0 Å². The zero-order valence-electron chi connectivity index (χ0n) is 19.0. The number of nitrogens with one attached hydrogen (secondary N) is 1. The van der Waals surface area contributed by atoms with E-state index in [9.17, 15) is 4.79 Å². The Balaban J connectivity index is 1.50. The van der Waals surface area contributed by atoms with Crippen LogP contribution < -0.4 is 4.74 Å². The normalized spacial score (nSPS) is 22.2. The molecule has 2 fully saturated rings. The van der Waals surface area contributed by atoms with Crippen molar-refractivity contribution in [1.82, 2.24) is 20.0 Å². The van der Waals surface area contributed by atoms with Crippen molar-refractivity contribution in [2.45, 2.75) is 39.7 Å². The van der Waals surface area contributed by atoms with Crippen LogP contribution >= 0.6 is 11.6 Å². The molecule has 0 saturated carbocycles. The number of rotatable bonds is 7. The molecule has 2 saturated heterocycles. The molecule has 1 amide bonds. The van der Waals surface area contributed by atoms with Gasteiger partial charge in [-0.3, -0.25) is 14.8 Å². The monoisotopic (exact) mass is 460 g/mol. The van der Waals surface area contributed by atoms with Crippen molar-refractivity contribution in [3.8, 4) is 5.75 Å². The van der Waals surface area contributed by atoms with Crippen molar-refractivity contribution >= 4 is 17.5 Å². The first-order valence-corrected chi connectivity index (χ1v) is 11.8. The number of H-pyrrole nitrogens is 1. The van der Waals surface area contributed by atoms with E-state index in [1.165, 1.54) is 5.56 Å². The number of morpholine rings is 1. The summed E-state index contributed by atoms with van der Waals surface area (Å²) in [5.74, 6) is 0.999. The van der Waals surface area contributed by atoms with Crippen LogP contribution in [0.1, 0.15) is 36.1 Å². The Labute approximate surface area is 195 Å². The highest BCUT2D eigenvalue weighted by atomic mass is 35.5. The molecule has 1 aromatic heterocycles. The highest BCUT2D eigenvalue weighted by molar-refractivity contribution is 6.31. The lowest BCUT2D eigenvalue weighted by molar-refractivity contribution is -0.139. The molecular weight excluding hydrogens is 428 g/mol. The van der Waals surface area contributed by atoms with Crippen LogP contribution in [0, 0.1) is 19.3 Å². The number of piperidine rings is 1. The number of hydrogen-bond donors (Lipinski definition) is 1. The Kier molecular flexibility index (Phi) is 7.38. The summed E-state index contributed by atoms with van der Waals surface area (Å²) in [5.41, 5.74) is 3.05. The first-order valence-electron chi connectivity index (χ1n) is 11.4. The van der Waals surface area contributed by atoms with E-state index in [4.69, 9.17) is 21.1 Å². The molecule has 0 bridgehead atoms. The minimum absolute atomic E-state index is 0.200. The lowest BCUT2D eigenvalue weighted by Crippen LogP contribution is -2.50. The number of carbonyl (C=O) groups excluding carboxylic acids is 1.